The van der Waals surface area contributed by atoms with Crippen molar-refractivity contribution in [3.63, 3.8) is 0 Å². The molecule has 0 amide bonds. The molecule has 4 rings (SSSR count). The molecule has 22 heavy (non-hydrogen) atoms. The van der Waals surface area contributed by atoms with E-state index < -0.39 is 0 Å². The maximum atomic E-state index is 5.87. The van der Waals surface area contributed by atoms with Gasteiger partial charge in [0.2, 0.25) is 5.89 Å². The first-order valence-electron chi connectivity index (χ1n) is 7.33. The summed E-state index contributed by atoms with van der Waals surface area (Å²) in [4.78, 5) is 4.56. The number of benzene rings is 3. The highest BCUT2D eigenvalue weighted by Crippen LogP contribution is 2.27. The quantitative estimate of drug-likeness (QED) is 0.488. The number of fused-ring (bicyclic) bond motifs is 1. The summed E-state index contributed by atoms with van der Waals surface area (Å²) in [5.74, 6) is 0.667. The molecule has 0 N–H and O–H groups in total. The van der Waals surface area contributed by atoms with E-state index in [9.17, 15) is 0 Å². The molecule has 0 aliphatic carbocycles. The molecule has 0 saturated carbocycles. The van der Waals surface area contributed by atoms with Crippen LogP contribution >= 0.6 is 0 Å². The van der Waals surface area contributed by atoms with Gasteiger partial charge in [-0.25, -0.2) is 4.98 Å². The summed E-state index contributed by atoms with van der Waals surface area (Å²) in [6.45, 7) is 2.05. The van der Waals surface area contributed by atoms with Gasteiger partial charge in [-0.1, -0.05) is 48.5 Å². The number of aryl methyl sites for hydroxylation is 1. The minimum atomic E-state index is 0.667. The van der Waals surface area contributed by atoms with E-state index in [-0.39, 0.29) is 0 Å². The topological polar surface area (TPSA) is 26.0 Å². The summed E-state index contributed by atoms with van der Waals surface area (Å²) in [6.07, 6.45) is 0. The molecule has 1 heterocycles. The van der Waals surface area contributed by atoms with E-state index in [1.54, 1.807) is 0 Å². The van der Waals surface area contributed by atoms with Crippen LogP contribution in [0.4, 0.5) is 0 Å². The zero-order chi connectivity index (χ0) is 14.9. The summed E-state index contributed by atoms with van der Waals surface area (Å²) in [6, 6.07) is 24.7. The maximum Gasteiger partial charge on any atom is 0.227 e. The van der Waals surface area contributed by atoms with Crippen LogP contribution in [0.25, 0.3) is 33.7 Å². The molecule has 1 aromatic heterocycles. The Morgan fingerprint density at radius 3 is 2.18 bits per heavy atom. The van der Waals surface area contributed by atoms with Gasteiger partial charge in [-0.2, -0.15) is 0 Å². The van der Waals surface area contributed by atoms with Crippen LogP contribution in [0.1, 0.15) is 5.56 Å². The Morgan fingerprint density at radius 2 is 1.41 bits per heavy atom. The molecule has 2 heteroatoms. The summed E-state index contributed by atoms with van der Waals surface area (Å²) in [5, 5.41) is 0. The Kier molecular flexibility index (Phi) is 3.01. The van der Waals surface area contributed by atoms with E-state index in [1.165, 1.54) is 16.7 Å². The zero-order valence-electron chi connectivity index (χ0n) is 12.3. The molecule has 106 valence electrons. The molecule has 0 aliphatic rings. The molecule has 0 saturated heterocycles. The number of aromatic nitrogens is 1. The van der Waals surface area contributed by atoms with Crippen LogP contribution in [0.15, 0.2) is 77.2 Å². The Morgan fingerprint density at radius 1 is 0.727 bits per heavy atom. The van der Waals surface area contributed by atoms with Crippen LogP contribution in [0.5, 0.6) is 0 Å². The number of hydrogen-bond acceptors (Lipinski definition) is 2. The van der Waals surface area contributed by atoms with Crippen molar-refractivity contribution >= 4 is 11.1 Å². The lowest BCUT2D eigenvalue weighted by atomic mass is 10.0. The largest absolute Gasteiger partial charge is 0.436 e. The smallest absolute Gasteiger partial charge is 0.227 e. The van der Waals surface area contributed by atoms with Crippen LogP contribution in [0.3, 0.4) is 0 Å². The van der Waals surface area contributed by atoms with E-state index in [2.05, 4.69) is 48.3 Å². The fraction of sp³-hybridized carbons (Fsp3) is 0.0500. The van der Waals surface area contributed by atoms with E-state index in [1.807, 2.05) is 36.4 Å². The Hall–Kier alpha value is -2.87. The second-order valence-electron chi connectivity index (χ2n) is 5.43. The van der Waals surface area contributed by atoms with E-state index in [0.717, 1.165) is 16.7 Å². The van der Waals surface area contributed by atoms with Gasteiger partial charge in [0.1, 0.15) is 5.52 Å². The average molecular weight is 285 g/mol. The minimum absolute atomic E-state index is 0.667. The van der Waals surface area contributed by atoms with Gasteiger partial charge in [-0.3, -0.25) is 0 Å². The summed E-state index contributed by atoms with van der Waals surface area (Å²) >= 11 is 0. The van der Waals surface area contributed by atoms with Gasteiger partial charge >= 0.3 is 0 Å². The number of nitrogens with zero attached hydrogens (tertiary/aromatic N) is 1. The normalized spacial score (nSPS) is 11.0. The van der Waals surface area contributed by atoms with Crippen LogP contribution in [0, 0.1) is 6.92 Å². The second kappa shape index (κ2) is 5.15. The van der Waals surface area contributed by atoms with E-state index in [0.29, 0.717) is 5.89 Å². The molecule has 3 aromatic carbocycles. The van der Waals surface area contributed by atoms with Crippen LogP contribution in [-0.2, 0) is 0 Å². The minimum Gasteiger partial charge on any atom is -0.436 e. The molecule has 0 aliphatic heterocycles. The van der Waals surface area contributed by atoms with Crippen molar-refractivity contribution in [3.8, 4) is 22.6 Å². The summed E-state index contributed by atoms with van der Waals surface area (Å²) in [5.41, 5.74) is 6.30. The van der Waals surface area contributed by atoms with Gasteiger partial charge in [0.15, 0.2) is 5.58 Å². The van der Waals surface area contributed by atoms with E-state index >= 15 is 0 Å². The third-order valence-electron chi connectivity index (χ3n) is 3.78. The first-order valence-corrected chi connectivity index (χ1v) is 7.33. The van der Waals surface area contributed by atoms with E-state index in [4.69, 9.17) is 4.42 Å². The summed E-state index contributed by atoms with van der Waals surface area (Å²) in [7, 11) is 0. The van der Waals surface area contributed by atoms with Gasteiger partial charge in [-0.05, 0) is 47.9 Å². The molecule has 0 spiro atoms. The fourth-order valence-electron chi connectivity index (χ4n) is 2.59. The first kappa shape index (κ1) is 12.8. The average Bonchev–Trinajstić information content (AvgIpc) is 2.99. The molecular weight excluding hydrogens is 270 g/mol. The molecule has 0 radical (unpaired) electrons. The van der Waals surface area contributed by atoms with Gasteiger partial charge in [0.05, 0.1) is 0 Å². The van der Waals surface area contributed by atoms with Gasteiger partial charge in [-0.15, -0.1) is 0 Å². The SMILES string of the molecule is Cc1ccc2nc(-c3ccc(-c4ccccc4)cc3)oc2c1. The molecule has 2 nitrogen and oxygen atoms in total. The maximum absolute atomic E-state index is 5.87. The highest BCUT2D eigenvalue weighted by Gasteiger charge is 2.08. The van der Waals surface area contributed by atoms with Crippen LogP contribution < -0.4 is 0 Å². The van der Waals surface area contributed by atoms with Crippen molar-refractivity contribution in [2.24, 2.45) is 0 Å². The van der Waals surface area contributed by atoms with Crippen LogP contribution in [-0.4, -0.2) is 4.98 Å². The number of oxazole rings is 1. The lowest BCUT2D eigenvalue weighted by molar-refractivity contribution is 0.619. The number of hydrogen-bond donors (Lipinski definition) is 0. The lowest BCUT2D eigenvalue weighted by Gasteiger charge is -2.02. The van der Waals surface area contributed by atoms with Gasteiger partial charge < -0.3 is 4.42 Å². The molecule has 4 aromatic rings. The zero-order valence-corrected chi connectivity index (χ0v) is 12.3. The van der Waals surface area contributed by atoms with Crippen LogP contribution in [0.2, 0.25) is 0 Å². The van der Waals surface area contributed by atoms with Gasteiger partial charge in [0, 0.05) is 5.56 Å². The lowest BCUT2D eigenvalue weighted by Crippen LogP contribution is -1.79. The van der Waals surface area contributed by atoms with Gasteiger partial charge in [0.25, 0.3) is 0 Å². The highest BCUT2D eigenvalue weighted by molar-refractivity contribution is 5.77. The highest BCUT2D eigenvalue weighted by atomic mass is 16.3. The molecule has 0 bridgehead atoms. The number of rotatable bonds is 2. The first-order chi connectivity index (χ1) is 10.8. The predicted molar refractivity (Wildman–Crippen MR) is 89.6 cm³/mol. The molecule has 0 unspecified atom stereocenters. The van der Waals surface area contributed by atoms with Crippen molar-refractivity contribution in [1.29, 1.82) is 0 Å². The Labute approximate surface area is 129 Å². The molecular formula is C20H15NO. The van der Waals surface area contributed by atoms with Crippen molar-refractivity contribution in [1.82, 2.24) is 4.98 Å². The standard InChI is InChI=1S/C20H15NO/c1-14-7-12-18-19(13-14)22-20(21-18)17-10-8-16(9-11-17)15-5-3-2-4-6-15/h2-13H,1H3. The van der Waals surface area contributed by atoms with Crippen molar-refractivity contribution < 1.29 is 4.42 Å². The third-order valence-corrected chi connectivity index (χ3v) is 3.78. The van der Waals surface area contributed by atoms with Crippen molar-refractivity contribution in [2.75, 3.05) is 0 Å². The predicted octanol–water partition coefficient (Wildman–Crippen LogP) is 5.47. The third kappa shape index (κ3) is 2.29. The summed E-state index contributed by atoms with van der Waals surface area (Å²) < 4.78 is 5.87. The van der Waals surface area contributed by atoms with Crippen molar-refractivity contribution in [2.45, 2.75) is 6.92 Å². The van der Waals surface area contributed by atoms with Crippen molar-refractivity contribution in [3.05, 3.63) is 78.4 Å². The monoisotopic (exact) mass is 285 g/mol. The fourth-order valence-corrected chi connectivity index (χ4v) is 2.59. The molecule has 0 atom stereocenters. The Bertz CT molecular complexity index is 921. The molecule has 0 fully saturated rings. The Balaban J connectivity index is 1.73. The second-order valence-corrected chi connectivity index (χ2v) is 5.43.